The van der Waals surface area contributed by atoms with Crippen LogP contribution < -0.4 is 5.73 Å². The third-order valence-corrected chi connectivity index (χ3v) is 2.14. The van der Waals surface area contributed by atoms with Crippen molar-refractivity contribution in [3.63, 3.8) is 0 Å². The molecule has 0 aliphatic carbocycles. The zero-order valence-electron chi connectivity index (χ0n) is 7.55. The summed E-state index contributed by atoms with van der Waals surface area (Å²) in [5.74, 6) is -1.33. The molecule has 2 aromatic rings. The number of hydrogen-bond acceptors (Lipinski definition) is 2. The van der Waals surface area contributed by atoms with Crippen molar-refractivity contribution in [3.05, 3.63) is 35.6 Å². The molecule has 1 aromatic carbocycles. The molecule has 0 amide bonds. The highest BCUT2D eigenvalue weighted by Gasteiger charge is 2.16. The average Bonchev–Trinajstić information content (AvgIpc) is 2.51. The minimum atomic E-state index is -0.702. The Morgan fingerprint density at radius 2 is 2.07 bits per heavy atom. The lowest BCUT2D eigenvalue weighted by atomic mass is 10.0. The first kappa shape index (κ1) is 9.15. The Morgan fingerprint density at radius 3 is 2.71 bits per heavy atom. The van der Waals surface area contributed by atoms with E-state index in [1.807, 2.05) is 0 Å². The Bertz CT molecular complexity index is 476. The SMILES string of the molecule is CC(N)c1c(F)cc(F)c2occc12. The number of fused-ring (bicyclic) bond motifs is 1. The Balaban J connectivity index is 2.86. The summed E-state index contributed by atoms with van der Waals surface area (Å²) in [7, 11) is 0. The van der Waals surface area contributed by atoms with Gasteiger partial charge in [-0.3, -0.25) is 0 Å². The predicted molar refractivity (Wildman–Crippen MR) is 48.7 cm³/mol. The van der Waals surface area contributed by atoms with Crippen molar-refractivity contribution in [1.29, 1.82) is 0 Å². The second-order valence-corrected chi connectivity index (χ2v) is 3.21. The summed E-state index contributed by atoms with van der Waals surface area (Å²) in [5.41, 5.74) is 5.93. The van der Waals surface area contributed by atoms with E-state index < -0.39 is 17.7 Å². The highest BCUT2D eigenvalue weighted by atomic mass is 19.1. The van der Waals surface area contributed by atoms with Gasteiger partial charge in [0.15, 0.2) is 11.4 Å². The average molecular weight is 197 g/mol. The van der Waals surface area contributed by atoms with Gasteiger partial charge >= 0.3 is 0 Å². The fraction of sp³-hybridized carbons (Fsp3) is 0.200. The van der Waals surface area contributed by atoms with Crippen LogP contribution in [-0.2, 0) is 0 Å². The van der Waals surface area contributed by atoms with Gasteiger partial charge in [-0.05, 0) is 13.0 Å². The Morgan fingerprint density at radius 1 is 1.36 bits per heavy atom. The molecule has 2 rings (SSSR count). The summed E-state index contributed by atoms with van der Waals surface area (Å²) < 4.78 is 31.4. The zero-order chi connectivity index (χ0) is 10.3. The minimum absolute atomic E-state index is 0.0544. The van der Waals surface area contributed by atoms with Gasteiger partial charge in [-0.1, -0.05) is 0 Å². The molecule has 0 spiro atoms. The Labute approximate surface area is 79.3 Å². The van der Waals surface area contributed by atoms with Crippen molar-refractivity contribution < 1.29 is 13.2 Å². The van der Waals surface area contributed by atoms with E-state index in [1.54, 1.807) is 6.92 Å². The van der Waals surface area contributed by atoms with E-state index >= 15 is 0 Å². The molecule has 1 aromatic heterocycles. The van der Waals surface area contributed by atoms with E-state index in [1.165, 1.54) is 12.3 Å². The highest BCUT2D eigenvalue weighted by Crippen LogP contribution is 2.28. The maximum atomic E-state index is 13.3. The molecule has 1 heterocycles. The van der Waals surface area contributed by atoms with Crippen LogP contribution in [0.2, 0.25) is 0 Å². The van der Waals surface area contributed by atoms with E-state index in [2.05, 4.69) is 0 Å². The van der Waals surface area contributed by atoms with Crippen molar-refractivity contribution in [2.75, 3.05) is 0 Å². The molecule has 2 N–H and O–H groups in total. The third kappa shape index (κ3) is 1.19. The molecule has 0 bridgehead atoms. The maximum Gasteiger partial charge on any atom is 0.170 e. The molecule has 2 nitrogen and oxygen atoms in total. The first-order chi connectivity index (χ1) is 6.61. The van der Waals surface area contributed by atoms with E-state index in [0.717, 1.165) is 6.07 Å². The highest BCUT2D eigenvalue weighted by molar-refractivity contribution is 5.82. The molecule has 1 unspecified atom stereocenters. The molecule has 14 heavy (non-hydrogen) atoms. The van der Waals surface area contributed by atoms with Crippen molar-refractivity contribution in [2.24, 2.45) is 5.73 Å². The van der Waals surface area contributed by atoms with Crippen LogP contribution in [0, 0.1) is 11.6 Å². The van der Waals surface area contributed by atoms with Crippen molar-refractivity contribution in [2.45, 2.75) is 13.0 Å². The fourth-order valence-corrected chi connectivity index (χ4v) is 1.55. The number of benzene rings is 1. The first-order valence-electron chi connectivity index (χ1n) is 4.22. The lowest BCUT2D eigenvalue weighted by Crippen LogP contribution is -2.08. The smallest absolute Gasteiger partial charge is 0.170 e. The van der Waals surface area contributed by atoms with Gasteiger partial charge in [-0.25, -0.2) is 8.78 Å². The number of halogens is 2. The molecule has 0 saturated carbocycles. The maximum absolute atomic E-state index is 13.3. The first-order valence-corrected chi connectivity index (χ1v) is 4.22. The summed E-state index contributed by atoms with van der Waals surface area (Å²) in [6.07, 6.45) is 1.32. The minimum Gasteiger partial charge on any atom is -0.461 e. The van der Waals surface area contributed by atoms with Crippen LogP contribution in [0.4, 0.5) is 8.78 Å². The van der Waals surface area contributed by atoms with Crippen molar-refractivity contribution in [1.82, 2.24) is 0 Å². The Hall–Kier alpha value is -1.42. The summed E-state index contributed by atoms with van der Waals surface area (Å²) in [4.78, 5) is 0. The summed E-state index contributed by atoms with van der Waals surface area (Å²) in [6.45, 7) is 1.64. The Kier molecular flexibility index (Phi) is 2.00. The van der Waals surface area contributed by atoms with Gasteiger partial charge in [0.25, 0.3) is 0 Å². The monoisotopic (exact) mass is 197 g/mol. The second kappa shape index (κ2) is 3.06. The van der Waals surface area contributed by atoms with Gasteiger partial charge in [0, 0.05) is 23.1 Å². The van der Waals surface area contributed by atoms with Crippen LogP contribution in [0.5, 0.6) is 0 Å². The molecule has 0 aliphatic rings. The van der Waals surface area contributed by atoms with Crippen LogP contribution in [0.15, 0.2) is 22.8 Å². The van der Waals surface area contributed by atoms with Crippen LogP contribution >= 0.6 is 0 Å². The lowest BCUT2D eigenvalue weighted by Gasteiger charge is -2.08. The standard InChI is InChI=1S/C10H9F2NO/c1-5(13)9-6-2-3-14-10(6)8(12)4-7(9)11/h2-5H,13H2,1H3. The number of rotatable bonds is 1. The molecule has 0 fully saturated rings. The predicted octanol–water partition coefficient (Wildman–Crippen LogP) is 2.73. The molecule has 74 valence electrons. The lowest BCUT2D eigenvalue weighted by molar-refractivity contribution is 0.539. The van der Waals surface area contributed by atoms with Gasteiger partial charge in [0.1, 0.15) is 5.82 Å². The van der Waals surface area contributed by atoms with E-state index in [0.29, 0.717) is 5.39 Å². The largest absolute Gasteiger partial charge is 0.461 e. The topological polar surface area (TPSA) is 39.2 Å². The molecule has 0 saturated heterocycles. The van der Waals surface area contributed by atoms with E-state index in [9.17, 15) is 8.78 Å². The fourth-order valence-electron chi connectivity index (χ4n) is 1.55. The van der Waals surface area contributed by atoms with Gasteiger partial charge in [0.2, 0.25) is 0 Å². The molecular formula is C10H9F2NO. The molecular weight excluding hydrogens is 188 g/mol. The third-order valence-electron chi connectivity index (χ3n) is 2.14. The van der Waals surface area contributed by atoms with Gasteiger partial charge in [-0.2, -0.15) is 0 Å². The summed E-state index contributed by atoms with van der Waals surface area (Å²) in [5, 5.41) is 0.400. The van der Waals surface area contributed by atoms with Gasteiger partial charge in [-0.15, -0.1) is 0 Å². The molecule has 1 atom stereocenters. The number of hydrogen-bond donors (Lipinski definition) is 1. The number of nitrogens with two attached hydrogens (primary N) is 1. The normalized spacial score (nSPS) is 13.4. The van der Waals surface area contributed by atoms with Crippen molar-refractivity contribution >= 4 is 11.0 Å². The van der Waals surface area contributed by atoms with E-state index in [-0.39, 0.29) is 11.1 Å². The zero-order valence-corrected chi connectivity index (χ0v) is 7.55. The summed E-state index contributed by atoms with van der Waals surface area (Å²) in [6, 6.07) is 1.82. The van der Waals surface area contributed by atoms with E-state index in [4.69, 9.17) is 10.2 Å². The van der Waals surface area contributed by atoms with Gasteiger partial charge < -0.3 is 10.2 Å². The number of furan rings is 1. The summed E-state index contributed by atoms with van der Waals surface area (Å²) >= 11 is 0. The van der Waals surface area contributed by atoms with Crippen LogP contribution in [-0.4, -0.2) is 0 Å². The van der Waals surface area contributed by atoms with Crippen LogP contribution in [0.1, 0.15) is 18.5 Å². The molecule has 0 radical (unpaired) electrons. The quantitative estimate of drug-likeness (QED) is 0.763. The van der Waals surface area contributed by atoms with Crippen molar-refractivity contribution in [3.8, 4) is 0 Å². The molecule has 4 heteroatoms. The van der Waals surface area contributed by atoms with Crippen LogP contribution in [0.3, 0.4) is 0 Å². The molecule has 0 aliphatic heterocycles. The van der Waals surface area contributed by atoms with Crippen LogP contribution in [0.25, 0.3) is 11.0 Å². The second-order valence-electron chi connectivity index (χ2n) is 3.21. The van der Waals surface area contributed by atoms with Gasteiger partial charge in [0.05, 0.1) is 6.26 Å².